The van der Waals surface area contributed by atoms with E-state index >= 15 is 0 Å². The summed E-state index contributed by atoms with van der Waals surface area (Å²) < 4.78 is 33.2. The Bertz CT molecular complexity index is 765. The second-order valence-electron chi connectivity index (χ2n) is 5.08. The van der Waals surface area contributed by atoms with Crippen LogP contribution in [0.5, 0.6) is 5.75 Å². The fourth-order valence-corrected chi connectivity index (χ4v) is 2.52. The summed E-state index contributed by atoms with van der Waals surface area (Å²) >= 11 is 0. The zero-order valence-corrected chi connectivity index (χ0v) is 12.3. The van der Waals surface area contributed by atoms with Crippen LogP contribution in [0, 0.1) is 6.92 Å². The molecule has 0 amide bonds. The van der Waals surface area contributed by atoms with Gasteiger partial charge < -0.3 is 9.26 Å². The van der Waals surface area contributed by atoms with Crippen molar-refractivity contribution in [1.29, 1.82) is 0 Å². The van der Waals surface area contributed by atoms with Crippen molar-refractivity contribution in [2.24, 2.45) is 5.14 Å². The van der Waals surface area contributed by atoms with E-state index in [2.05, 4.69) is 10.1 Å². The van der Waals surface area contributed by atoms with Gasteiger partial charge in [-0.25, -0.2) is 13.6 Å². The summed E-state index contributed by atoms with van der Waals surface area (Å²) in [5.74, 6) is 2.10. The first-order valence-electron chi connectivity index (χ1n) is 6.52. The number of sulfonamides is 1. The molecule has 1 aliphatic carbocycles. The molecule has 0 spiro atoms. The maximum Gasteiger partial charge on any atom is 0.238 e. The Morgan fingerprint density at radius 1 is 1.43 bits per heavy atom. The van der Waals surface area contributed by atoms with Gasteiger partial charge in [0, 0.05) is 5.92 Å². The third kappa shape index (κ3) is 3.22. The van der Waals surface area contributed by atoms with Gasteiger partial charge >= 0.3 is 0 Å². The first kappa shape index (κ1) is 14.0. The molecular weight excluding hydrogens is 294 g/mol. The van der Waals surface area contributed by atoms with E-state index in [1.54, 1.807) is 13.0 Å². The maximum atomic E-state index is 11.3. The summed E-state index contributed by atoms with van der Waals surface area (Å²) in [6, 6.07) is 4.44. The number of benzene rings is 1. The summed E-state index contributed by atoms with van der Waals surface area (Å²) in [4.78, 5) is 4.31. The van der Waals surface area contributed by atoms with Crippen LogP contribution in [0.4, 0.5) is 0 Å². The van der Waals surface area contributed by atoms with E-state index in [1.165, 1.54) is 12.1 Å². The van der Waals surface area contributed by atoms with E-state index in [1.807, 2.05) is 0 Å². The Labute approximate surface area is 122 Å². The van der Waals surface area contributed by atoms with Gasteiger partial charge in [-0.2, -0.15) is 4.98 Å². The second kappa shape index (κ2) is 5.12. The molecule has 0 aliphatic heterocycles. The Morgan fingerprint density at radius 3 is 2.81 bits per heavy atom. The molecular formula is C13H15N3O4S. The van der Waals surface area contributed by atoms with Crippen LogP contribution in [-0.2, 0) is 16.6 Å². The van der Waals surface area contributed by atoms with E-state index in [4.69, 9.17) is 14.4 Å². The lowest BCUT2D eigenvalue weighted by atomic mass is 10.2. The molecule has 8 heteroatoms. The van der Waals surface area contributed by atoms with Crippen LogP contribution in [0.15, 0.2) is 27.6 Å². The quantitative estimate of drug-likeness (QED) is 0.896. The van der Waals surface area contributed by atoms with Crippen molar-refractivity contribution in [2.45, 2.75) is 37.2 Å². The van der Waals surface area contributed by atoms with E-state index in [9.17, 15) is 8.42 Å². The minimum atomic E-state index is -3.70. The van der Waals surface area contributed by atoms with Crippen LogP contribution in [0.2, 0.25) is 0 Å². The summed E-state index contributed by atoms with van der Waals surface area (Å²) in [5, 5.41) is 8.93. The fraction of sp³-hybridized carbons (Fsp3) is 0.385. The molecule has 2 aromatic rings. The van der Waals surface area contributed by atoms with Crippen molar-refractivity contribution < 1.29 is 17.7 Å². The number of primary sulfonamides is 1. The molecule has 7 nitrogen and oxygen atoms in total. The highest BCUT2D eigenvalue weighted by Gasteiger charge is 2.29. The Kier molecular flexibility index (Phi) is 3.42. The van der Waals surface area contributed by atoms with Crippen LogP contribution in [0.3, 0.4) is 0 Å². The molecule has 1 aromatic heterocycles. The van der Waals surface area contributed by atoms with Crippen molar-refractivity contribution in [1.82, 2.24) is 10.1 Å². The molecule has 112 valence electrons. The number of hydrogen-bond acceptors (Lipinski definition) is 6. The highest BCUT2D eigenvalue weighted by atomic mass is 32.2. The zero-order valence-electron chi connectivity index (χ0n) is 11.4. The van der Waals surface area contributed by atoms with E-state index in [0.717, 1.165) is 12.8 Å². The summed E-state index contributed by atoms with van der Waals surface area (Å²) in [5.41, 5.74) is 0.674. The number of aryl methyl sites for hydroxylation is 1. The molecule has 1 aromatic carbocycles. The second-order valence-corrected chi connectivity index (χ2v) is 6.65. The monoisotopic (exact) mass is 309 g/mol. The topological polar surface area (TPSA) is 108 Å². The number of hydrogen-bond donors (Lipinski definition) is 1. The molecule has 0 atom stereocenters. The first-order chi connectivity index (χ1) is 9.93. The summed E-state index contributed by atoms with van der Waals surface area (Å²) in [7, 11) is -3.70. The Morgan fingerprint density at radius 2 is 2.19 bits per heavy atom. The summed E-state index contributed by atoms with van der Waals surface area (Å²) in [6.07, 6.45) is 2.19. The number of aromatic nitrogens is 2. The summed E-state index contributed by atoms with van der Waals surface area (Å²) in [6.45, 7) is 1.92. The highest BCUT2D eigenvalue weighted by molar-refractivity contribution is 7.89. The van der Waals surface area contributed by atoms with Crippen molar-refractivity contribution in [2.75, 3.05) is 0 Å². The molecule has 0 bridgehead atoms. The lowest BCUT2D eigenvalue weighted by Crippen LogP contribution is -2.12. The molecule has 0 saturated heterocycles. The molecule has 3 rings (SSSR count). The van der Waals surface area contributed by atoms with E-state index < -0.39 is 10.0 Å². The number of ether oxygens (including phenoxy) is 1. The van der Waals surface area contributed by atoms with E-state index in [-0.39, 0.29) is 11.5 Å². The van der Waals surface area contributed by atoms with Crippen LogP contribution < -0.4 is 9.88 Å². The third-order valence-corrected chi connectivity index (χ3v) is 4.15. The minimum Gasteiger partial charge on any atom is -0.485 e. The van der Waals surface area contributed by atoms with Gasteiger partial charge in [-0.3, -0.25) is 0 Å². The molecule has 1 aliphatic rings. The van der Waals surface area contributed by atoms with Gasteiger partial charge in [0.15, 0.2) is 6.61 Å². The van der Waals surface area contributed by atoms with E-state index in [0.29, 0.717) is 28.9 Å². The molecule has 1 fully saturated rings. The number of nitrogens with zero attached hydrogens (tertiary/aromatic N) is 2. The lowest BCUT2D eigenvalue weighted by molar-refractivity contribution is 0.283. The van der Waals surface area contributed by atoms with Crippen molar-refractivity contribution in [3.63, 3.8) is 0 Å². The smallest absolute Gasteiger partial charge is 0.238 e. The molecule has 1 heterocycles. The number of nitrogens with two attached hydrogens (primary N) is 1. The average molecular weight is 309 g/mol. The predicted molar refractivity (Wildman–Crippen MR) is 73.2 cm³/mol. The number of rotatable bonds is 5. The Balaban J connectivity index is 1.69. The van der Waals surface area contributed by atoms with Crippen LogP contribution in [0.25, 0.3) is 0 Å². The largest absolute Gasteiger partial charge is 0.485 e. The SMILES string of the molecule is Cc1cc(S(N)(=O)=O)ccc1OCc1noc(C2CC2)n1. The normalized spacial score (nSPS) is 15.1. The van der Waals surface area contributed by atoms with Gasteiger partial charge in [-0.15, -0.1) is 0 Å². The highest BCUT2D eigenvalue weighted by Crippen LogP contribution is 2.38. The van der Waals surface area contributed by atoms with Crippen molar-refractivity contribution in [3.05, 3.63) is 35.5 Å². The minimum absolute atomic E-state index is 0.0583. The van der Waals surface area contributed by atoms with Crippen molar-refractivity contribution in [3.8, 4) is 5.75 Å². The van der Waals surface area contributed by atoms with Crippen LogP contribution in [-0.4, -0.2) is 18.6 Å². The average Bonchev–Trinajstić information content (AvgIpc) is 3.16. The van der Waals surface area contributed by atoms with Crippen LogP contribution in [0.1, 0.15) is 36.0 Å². The van der Waals surface area contributed by atoms with Gasteiger partial charge in [0.2, 0.25) is 21.7 Å². The van der Waals surface area contributed by atoms with Crippen LogP contribution >= 0.6 is 0 Å². The standard InChI is InChI=1S/C13H15N3O4S/c1-8-6-10(21(14,17)18)4-5-11(8)19-7-12-15-13(20-16-12)9-2-3-9/h4-6,9H,2-3,7H2,1H3,(H2,14,17,18). The van der Waals surface area contributed by atoms with Gasteiger partial charge in [-0.05, 0) is 43.5 Å². The molecule has 0 radical (unpaired) electrons. The van der Waals surface area contributed by atoms with Gasteiger partial charge in [0.1, 0.15) is 5.75 Å². The lowest BCUT2D eigenvalue weighted by Gasteiger charge is -2.08. The molecule has 0 unspecified atom stereocenters. The predicted octanol–water partition coefficient (Wildman–Crippen LogP) is 1.48. The molecule has 1 saturated carbocycles. The van der Waals surface area contributed by atoms with Gasteiger partial charge in [0.25, 0.3) is 0 Å². The third-order valence-electron chi connectivity index (χ3n) is 3.24. The van der Waals surface area contributed by atoms with Gasteiger partial charge in [0.05, 0.1) is 4.90 Å². The molecule has 2 N–H and O–H groups in total. The fourth-order valence-electron chi connectivity index (χ4n) is 1.93. The van der Waals surface area contributed by atoms with Crippen molar-refractivity contribution >= 4 is 10.0 Å². The first-order valence-corrected chi connectivity index (χ1v) is 8.07. The molecule has 21 heavy (non-hydrogen) atoms. The zero-order chi connectivity index (χ0) is 15.0. The maximum absolute atomic E-state index is 11.3. The van der Waals surface area contributed by atoms with Gasteiger partial charge in [-0.1, -0.05) is 5.16 Å². The Hall–Kier alpha value is -1.93.